The summed E-state index contributed by atoms with van der Waals surface area (Å²) in [6.07, 6.45) is 4.69. The van der Waals surface area contributed by atoms with Gasteiger partial charge in [-0.05, 0) is 39.5 Å². The molecule has 2 rings (SSSR count). The third kappa shape index (κ3) is 3.85. The summed E-state index contributed by atoms with van der Waals surface area (Å²) in [5.74, 6) is 0.489. The van der Waals surface area contributed by atoms with Crippen LogP contribution in [0.3, 0.4) is 0 Å². The first kappa shape index (κ1) is 16.5. The van der Waals surface area contributed by atoms with E-state index in [1.165, 1.54) is 6.20 Å². The highest BCUT2D eigenvalue weighted by molar-refractivity contribution is 5.97. The van der Waals surface area contributed by atoms with E-state index in [2.05, 4.69) is 15.3 Å². The lowest BCUT2D eigenvalue weighted by Crippen LogP contribution is -2.37. The molecule has 0 spiro atoms. The van der Waals surface area contributed by atoms with Gasteiger partial charge in [-0.2, -0.15) is 4.98 Å². The number of nitrogens with two attached hydrogens (primary N) is 1. The molecule has 1 amide bonds. The molecule has 1 heterocycles. The average Bonchev–Trinajstić information content (AvgIpc) is 2.46. The minimum atomic E-state index is -0.543. The summed E-state index contributed by atoms with van der Waals surface area (Å²) in [4.78, 5) is 22.2. The number of carbonyl (C=O) groups excluding carboxylic acids is 1. The summed E-state index contributed by atoms with van der Waals surface area (Å²) in [6.45, 7) is 3.94. The molecule has 122 valence electrons. The van der Waals surface area contributed by atoms with Gasteiger partial charge in [-0.25, -0.2) is 4.98 Å². The number of primary amides is 1. The number of anilines is 2. The van der Waals surface area contributed by atoms with Crippen molar-refractivity contribution in [3.8, 4) is 0 Å². The van der Waals surface area contributed by atoms with Crippen molar-refractivity contribution in [2.45, 2.75) is 57.7 Å². The monoisotopic (exact) mass is 307 g/mol. The molecule has 22 heavy (non-hydrogen) atoms. The average molecular weight is 307 g/mol. The van der Waals surface area contributed by atoms with Crippen molar-refractivity contribution in [2.75, 3.05) is 17.3 Å². The van der Waals surface area contributed by atoms with Crippen molar-refractivity contribution < 1.29 is 9.90 Å². The molecule has 1 saturated carbocycles. The fourth-order valence-electron chi connectivity index (χ4n) is 2.72. The molecule has 4 N–H and O–H groups in total. The van der Waals surface area contributed by atoms with Gasteiger partial charge in [0.2, 0.25) is 5.95 Å². The molecule has 7 nitrogen and oxygen atoms in total. The van der Waals surface area contributed by atoms with Crippen LogP contribution in [0, 0.1) is 0 Å². The summed E-state index contributed by atoms with van der Waals surface area (Å²) in [5.41, 5.74) is 5.67. The van der Waals surface area contributed by atoms with Crippen molar-refractivity contribution in [1.82, 2.24) is 9.97 Å². The second-order valence-electron chi connectivity index (χ2n) is 6.17. The molecular formula is C15H25N5O2. The molecule has 0 saturated heterocycles. The zero-order valence-electron chi connectivity index (χ0n) is 13.4. The zero-order chi connectivity index (χ0) is 16.3. The van der Waals surface area contributed by atoms with Crippen LogP contribution in [0.2, 0.25) is 0 Å². The summed E-state index contributed by atoms with van der Waals surface area (Å²) in [5, 5.41) is 12.8. The number of hydrogen-bond acceptors (Lipinski definition) is 6. The number of nitrogens with zero attached hydrogens (tertiary/aromatic N) is 3. The second kappa shape index (κ2) is 6.91. The first-order chi connectivity index (χ1) is 10.4. The Morgan fingerprint density at radius 3 is 2.59 bits per heavy atom. The minimum absolute atomic E-state index is 0.135. The molecule has 0 unspecified atom stereocenters. The Labute approximate surface area is 130 Å². The highest BCUT2D eigenvalue weighted by Gasteiger charge is 2.25. The molecule has 1 aliphatic rings. The standard InChI is InChI=1S/C15H25N5O2/c1-9(2)18-14-12(13(16)22)8-17-15(19-14)20(3)10-4-6-11(21)7-5-10/h8-11,21H,4-7H2,1-3H3,(H2,16,22)(H,17,18,19)/t10-,11+. The van der Waals surface area contributed by atoms with Crippen molar-refractivity contribution in [2.24, 2.45) is 5.73 Å². The molecule has 0 radical (unpaired) electrons. The van der Waals surface area contributed by atoms with Crippen LogP contribution in [-0.4, -0.2) is 46.2 Å². The quantitative estimate of drug-likeness (QED) is 0.753. The highest BCUT2D eigenvalue weighted by atomic mass is 16.3. The van der Waals surface area contributed by atoms with Gasteiger partial charge in [0.15, 0.2) is 0 Å². The second-order valence-corrected chi connectivity index (χ2v) is 6.17. The van der Waals surface area contributed by atoms with Gasteiger partial charge in [-0.3, -0.25) is 4.79 Å². The number of nitrogens with one attached hydrogen (secondary N) is 1. The maximum atomic E-state index is 11.5. The Kier molecular flexibility index (Phi) is 5.18. The van der Waals surface area contributed by atoms with Crippen molar-refractivity contribution in [3.05, 3.63) is 11.8 Å². The summed E-state index contributed by atoms with van der Waals surface area (Å²) in [6, 6.07) is 0.436. The molecule has 7 heteroatoms. The van der Waals surface area contributed by atoms with E-state index in [1.807, 2.05) is 25.8 Å². The van der Waals surface area contributed by atoms with Gasteiger partial charge >= 0.3 is 0 Å². The Hall–Kier alpha value is -1.89. The van der Waals surface area contributed by atoms with Crippen LogP contribution >= 0.6 is 0 Å². The van der Waals surface area contributed by atoms with Gasteiger partial charge in [0.05, 0.1) is 11.7 Å². The molecule has 1 fully saturated rings. The van der Waals surface area contributed by atoms with E-state index in [0.29, 0.717) is 23.4 Å². The smallest absolute Gasteiger partial charge is 0.254 e. The largest absolute Gasteiger partial charge is 0.393 e. The lowest BCUT2D eigenvalue weighted by Gasteiger charge is -2.33. The molecule has 0 aromatic carbocycles. The van der Waals surface area contributed by atoms with E-state index in [1.54, 1.807) is 0 Å². The van der Waals surface area contributed by atoms with E-state index in [-0.39, 0.29) is 12.1 Å². The van der Waals surface area contributed by atoms with Crippen LogP contribution in [0.5, 0.6) is 0 Å². The number of rotatable bonds is 5. The van der Waals surface area contributed by atoms with Gasteiger partial charge in [0, 0.05) is 25.3 Å². The molecule has 1 aromatic heterocycles. The number of aromatic nitrogens is 2. The predicted molar refractivity (Wildman–Crippen MR) is 86.0 cm³/mol. The van der Waals surface area contributed by atoms with Crippen molar-refractivity contribution in [1.29, 1.82) is 0 Å². The Balaban J connectivity index is 2.21. The van der Waals surface area contributed by atoms with Crippen molar-refractivity contribution in [3.63, 3.8) is 0 Å². The third-order valence-corrected chi connectivity index (χ3v) is 4.00. The van der Waals surface area contributed by atoms with E-state index in [4.69, 9.17) is 5.73 Å². The Bertz CT molecular complexity index is 527. The van der Waals surface area contributed by atoms with Crippen LogP contribution in [0.4, 0.5) is 11.8 Å². The highest BCUT2D eigenvalue weighted by Crippen LogP contribution is 2.25. The van der Waals surface area contributed by atoms with E-state index >= 15 is 0 Å². The van der Waals surface area contributed by atoms with Crippen LogP contribution in [0.1, 0.15) is 49.9 Å². The van der Waals surface area contributed by atoms with Crippen LogP contribution in [0.15, 0.2) is 6.20 Å². The normalized spacial score (nSPS) is 21.7. The third-order valence-electron chi connectivity index (χ3n) is 4.00. The van der Waals surface area contributed by atoms with Crippen LogP contribution < -0.4 is 16.0 Å². The molecule has 0 bridgehead atoms. The number of aliphatic hydroxyl groups excluding tert-OH is 1. The van der Waals surface area contributed by atoms with E-state index < -0.39 is 5.91 Å². The molecular weight excluding hydrogens is 282 g/mol. The Morgan fingerprint density at radius 2 is 2.05 bits per heavy atom. The van der Waals surface area contributed by atoms with Crippen LogP contribution in [-0.2, 0) is 0 Å². The fraction of sp³-hybridized carbons (Fsp3) is 0.667. The SMILES string of the molecule is CC(C)Nc1nc(N(C)[C@H]2CC[C@@H](O)CC2)ncc1C(N)=O. The minimum Gasteiger partial charge on any atom is -0.393 e. The topological polar surface area (TPSA) is 104 Å². The first-order valence-electron chi connectivity index (χ1n) is 7.72. The summed E-state index contributed by atoms with van der Waals surface area (Å²) < 4.78 is 0. The molecule has 0 atom stereocenters. The fourth-order valence-corrected chi connectivity index (χ4v) is 2.72. The van der Waals surface area contributed by atoms with Crippen molar-refractivity contribution >= 4 is 17.7 Å². The first-order valence-corrected chi connectivity index (χ1v) is 7.72. The summed E-state index contributed by atoms with van der Waals surface area (Å²) >= 11 is 0. The molecule has 1 aliphatic carbocycles. The van der Waals surface area contributed by atoms with Crippen LogP contribution in [0.25, 0.3) is 0 Å². The van der Waals surface area contributed by atoms with Gasteiger partial charge in [0.1, 0.15) is 5.82 Å². The Morgan fingerprint density at radius 1 is 1.41 bits per heavy atom. The van der Waals surface area contributed by atoms with Gasteiger partial charge in [-0.15, -0.1) is 0 Å². The maximum Gasteiger partial charge on any atom is 0.254 e. The summed E-state index contributed by atoms with van der Waals surface area (Å²) in [7, 11) is 1.95. The number of carbonyl (C=O) groups is 1. The number of hydrogen-bond donors (Lipinski definition) is 3. The lowest BCUT2D eigenvalue weighted by atomic mass is 9.92. The van der Waals surface area contributed by atoms with Gasteiger partial charge < -0.3 is 21.1 Å². The number of amides is 1. The lowest BCUT2D eigenvalue weighted by molar-refractivity contribution is 0.1000. The van der Waals surface area contributed by atoms with E-state index in [9.17, 15) is 9.90 Å². The number of aliphatic hydroxyl groups is 1. The van der Waals surface area contributed by atoms with Gasteiger partial charge in [0.25, 0.3) is 5.91 Å². The predicted octanol–water partition coefficient (Wildman–Crippen LogP) is 1.14. The van der Waals surface area contributed by atoms with E-state index in [0.717, 1.165) is 25.7 Å². The van der Waals surface area contributed by atoms with Gasteiger partial charge in [-0.1, -0.05) is 0 Å². The molecule has 0 aliphatic heterocycles. The maximum absolute atomic E-state index is 11.5. The molecule has 1 aromatic rings. The zero-order valence-corrected chi connectivity index (χ0v) is 13.4.